The third-order valence-electron chi connectivity index (χ3n) is 2.85. The summed E-state index contributed by atoms with van der Waals surface area (Å²) in [4.78, 5) is 0.202. The number of thioether (sulfide) groups is 1. The van der Waals surface area contributed by atoms with E-state index in [2.05, 4.69) is 16.1 Å². The fourth-order valence-electron chi connectivity index (χ4n) is 1.75. The molecule has 0 saturated heterocycles. The van der Waals surface area contributed by atoms with E-state index in [1.165, 1.54) is 29.2 Å². The molecule has 1 aromatic rings. The van der Waals surface area contributed by atoms with Crippen LogP contribution in [0.3, 0.4) is 0 Å². The minimum Gasteiger partial charge on any atom is -0.329 e. The van der Waals surface area contributed by atoms with E-state index in [1.807, 2.05) is 11.8 Å². The van der Waals surface area contributed by atoms with Crippen LogP contribution in [0.2, 0.25) is 0 Å². The van der Waals surface area contributed by atoms with Gasteiger partial charge in [-0.05, 0) is 24.9 Å². The Hall–Kier alpha value is -0.570. The first kappa shape index (κ1) is 17.5. The molecule has 0 radical (unpaired) electrons. The van der Waals surface area contributed by atoms with Gasteiger partial charge in [0.05, 0.1) is 12.7 Å². The third kappa shape index (κ3) is 6.25. The molecular weight excluding hydrogens is 296 g/mol. The predicted molar refractivity (Wildman–Crippen MR) is 83.3 cm³/mol. The Morgan fingerprint density at radius 3 is 2.80 bits per heavy atom. The number of sulfonamides is 1. The molecule has 8 heteroatoms. The Kier molecular flexibility index (Phi) is 8.20. The molecule has 0 aromatic carbocycles. The summed E-state index contributed by atoms with van der Waals surface area (Å²) >= 11 is 1.84. The first-order chi connectivity index (χ1) is 9.60. The van der Waals surface area contributed by atoms with Crippen molar-refractivity contribution in [1.29, 1.82) is 0 Å². The molecule has 0 spiro atoms. The smallest absolute Gasteiger partial charge is 0.243 e. The van der Waals surface area contributed by atoms with Crippen LogP contribution in [0, 0.1) is 0 Å². The van der Waals surface area contributed by atoms with Crippen LogP contribution >= 0.6 is 11.8 Å². The van der Waals surface area contributed by atoms with Gasteiger partial charge < -0.3 is 5.73 Å². The average Bonchev–Trinajstić information content (AvgIpc) is 2.88. The second kappa shape index (κ2) is 9.38. The van der Waals surface area contributed by atoms with Crippen LogP contribution in [0.15, 0.2) is 17.3 Å². The lowest BCUT2D eigenvalue weighted by Crippen LogP contribution is -2.24. The van der Waals surface area contributed by atoms with E-state index in [0.29, 0.717) is 19.6 Å². The standard InChI is InChI=1S/C12H24N4O2S2/c1-19-9-5-3-2-4-7-15-20(17,18)12-10-14-16(11-12)8-6-13/h10-11,15H,2-9,13H2,1H3. The monoisotopic (exact) mass is 320 g/mol. The maximum absolute atomic E-state index is 12.0. The molecule has 0 amide bonds. The summed E-state index contributed by atoms with van der Waals surface area (Å²) in [5, 5.41) is 3.97. The lowest BCUT2D eigenvalue weighted by Gasteiger charge is -2.04. The molecule has 0 saturated carbocycles. The molecule has 0 aliphatic heterocycles. The Morgan fingerprint density at radius 2 is 2.10 bits per heavy atom. The average molecular weight is 320 g/mol. The summed E-state index contributed by atoms with van der Waals surface area (Å²) in [6, 6.07) is 0. The van der Waals surface area contributed by atoms with Gasteiger partial charge in [0.2, 0.25) is 10.0 Å². The molecule has 116 valence electrons. The van der Waals surface area contributed by atoms with Crippen LogP contribution < -0.4 is 10.5 Å². The van der Waals surface area contributed by atoms with Crippen molar-refractivity contribution in [1.82, 2.24) is 14.5 Å². The quantitative estimate of drug-likeness (QED) is 0.595. The summed E-state index contributed by atoms with van der Waals surface area (Å²) in [5.41, 5.74) is 5.40. The van der Waals surface area contributed by atoms with Crippen molar-refractivity contribution in [2.45, 2.75) is 37.1 Å². The minimum absolute atomic E-state index is 0.202. The summed E-state index contributed by atoms with van der Waals surface area (Å²) in [6.45, 7) is 1.43. The number of hydrogen-bond donors (Lipinski definition) is 2. The van der Waals surface area contributed by atoms with Crippen molar-refractivity contribution in [3.05, 3.63) is 12.4 Å². The van der Waals surface area contributed by atoms with Crippen LogP contribution in [-0.2, 0) is 16.6 Å². The normalized spacial score (nSPS) is 11.9. The van der Waals surface area contributed by atoms with E-state index in [9.17, 15) is 8.42 Å². The Balaban J connectivity index is 2.30. The number of nitrogens with zero attached hydrogens (tertiary/aromatic N) is 2. The summed E-state index contributed by atoms with van der Waals surface area (Å²) in [5.74, 6) is 1.17. The first-order valence-corrected chi connectivity index (χ1v) is 9.69. The first-order valence-electron chi connectivity index (χ1n) is 6.81. The maximum atomic E-state index is 12.0. The molecule has 0 aliphatic rings. The van der Waals surface area contributed by atoms with Crippen molar-refractivity contribution in [2.75, 3.05) is 25.1 Å². The molecule has 6 nitrogen and oxygen atoms in total. The van der Waals surface area contributed by atoms with Crippen molar-refractivity contribution in [3.63, 3.8) is 0 Å². The zero-order chi connectivity index (χ0) is 14.8. The van der Waals surface area contributed by atoms with Crippen molar-refractivity contribution >= 4 is 21.8 Å². The third-order valence-corrected chi connectivity index (χ3v) is 4.96. The number of hydrogen-bond acceptors (Lipinski definition) is 5. The van der Waals surface area contributed by atoms with Gasteiger partial charge in [-0.3, -0.25) is 4.68 Å². The minimum atomic E-state index is -3.43. The van der Waals surface area contributed by atoms with Crippen LogP contribution in [0.4, 0.5) is 0 Å². The van der Waals surface area contributed by atoms with Gasteiger partial charge in [0.1, 0.15) is 4.90 Å². The highest BCUT2D eigenvalue weighted by atomic mass is 32.2. The number of rotatable bonds is 11. The van der Waals surface area contributed by atoms with Gasteiger partial charge in [-0.1, -0.05) is 12.8 Å². The Labute approximate surface area is 125 Å². The Bertz CT molecular complexity index is 474. The largest absolute Gasteiger partial charge is 0.329 e. The number of nitrogens with two attached hydrogens (primary N) is 1. The number of nitrogens with one attached hydrogen (secondary N) is 1. The van der Waals surface area contributed by atoms with E-state index in [1.54, 1.807) is 0 Å². The lowest BCUT2D eigenvalue weighted by atomic mass is 10.2. The van der Waals surface area contributed by atoms with E-state index in [-0.39, 0.29) is 4.90 Å². The second-order valence-corrected chi connectivity index (χ2v) is 7.29. The molecule has 1 heterocycles. The van der Waals surface area contributed by atoms with Crippen LogP contribution in [-0.4, -0.2) is 43.3 Å². The maximum Gasteiger partial charge on any atom is 0.243 e. The summed E-state index contributed by atoms with van der Waals surface area (Å²) < 4.78 is 28.1. The lowest BCUT2D eigenvalue weighted by molar-refractivity contribution is 0.573. The van der Waals surface area contributed by atoms with Gasteiger partial charge in [0.15, 0.2) is 0 Å². The highest BCUT2D eigenvalue weighted by Gasteiger charge is 2.15. The molecule has 0 unspecified atom stereocenters. The van der Waals surface area contributed by atoms with Gasteiger partial charge in [-0.25, -0.2) is 13.1 Å². The van der Waals surface area contributed by atoms with Crippen molar-refractivity contribution in [3.8, 4) is 0 Å². The topological polar surface area (TPSA) is 90.0 Å². The van der Waals surface area contributed by atoms with E-state index >= 15 is 0 Å². The van der Waals surface area contributed by atoms with Crippen LogP contribution in [0.25, 0.3) is 0 Å². The summed E-state index contributed by atoms with van der Waals surface area (Å²) in [6.07, 6.45) is 9.22. The molecule has 1 aromatic heterocycles. The van der Waals surface area contributed by atoms with Gasteiger partial charge >= 0.3 is 0 Å². The highest BCUT2D eigenvalue weighted by molar-refractivity contribution is 7.98. The summed E-state index contributed by atoms with van der Waals surface area (Å²) in [7, 11) is -3.43. The molecule has 0 bridgehead atoms. The number of unbranched alkanes of at least 4 members (excludes halogenated alkanes) is 3. The second-order valence-electron chi connectivity index (χ2n) is 4.53. The van der Waals surface area contributed by atoms with Gasteiger partial charge in [-0.15, -0.1) is 0 Å². The van der Waals surface area contributed by atoms with Gasteiger partial charge in [0.25, 0.3) is 0 Å². The van der Waals surface area contributed by atoms with E-state index in [0.717, 1.165) is 19.3 Å². The molecule has 20 heavy (non-hydrogen) atoms. The zero-order valence-corrected chi connectivity index (χ0v) is 13.5. The van der Waals surface area contributed by atoms with Crippen molar-refractivity contribution in [2.24, 2.45) is 5.73 Å². The van der Waals surface area contributed by atoms with E-state index < -0.39 is 10.0 Å². The molecule has 0 atom stereocenters. The number of aromatic nitrogens is 2. The molecule has 3 N–H and O–H groups in total. The SMILES string of the molecule is CSCCCCCCNS(=O)(=O)c1cnn(CCN)c1. The zero-order valence-electron chi connectivity index (χ0n) is 11.9. The Morgan fingerprint density at radius 1 is 1.35 bits per heavy atom. The molecule has 0 aliphatic carbocycles. The van der Waals surface area contributed by atoms with Crippen LogP contribution in [0.5, 0.6) is 0 Å². The molecule has 1 rings (SSSR count). The fraction of sp³-hybridized carbons (Fsp3) is 0.750. The highest BCUT2D eigenvalue weighted by Crippen LogP contribution is 2.08. The van der Waals surface area contributed by atoms with Gasteiger partial charge in [0, 0.05) is 19.3 Å². The van der Waals surface area contributed by atoms with Gasteiger partial charge in [-0.2, -0.15) is 16.9 Å². The molecular formula is C12H24N4O2S2. The van der Waals surface area contributed by atoms with Crippen LogP contribution in [0.1, 0.15) is 25.7 Å². The van der Waals surface area contributed by atoms with Crippen molar-refractivity contribution < 1.29 is 8.42 Å². The fourth-order valence-corrected chi connectivity index (χ4v) is 3.27. The van der Waals surface area contributed by atoms with E-state index in [4.69, 9.17) is 5.73 Å². The predicted octanol–water partition coefficient (Wildman–Crippen LogP) is 1.04. The molecule has 0 fully saturated rings.